The normalized spacial score (nSPS) is 11.1. The van der Waals surface area contributed by atoms with Gasteiger partial charge in [-0.3, -0.25) is 0 Å². The molecule has 0 spiro atoms. The van der Waals surface area contributed by atoms with Crippen LogP contribution in [0.5, 0.6) is 5.75 Å². The fourth-order valence-electron chi connectivity index (χ4n) is 1.40. The van der Waals surface area contributed by atoms with Gasteiger partial charge < -0.3 is 16.2 Å². The lowest BCUT2D eigenvalue weighted by atomic mass is 9.86. The van der Waals surface area contributed by atoms with Crippen molar-refractivity contribution in [3.63, 3.8) is 0 Å². The number of benzene rings is 1. The summed E-state index contributed by atoms with van der Waals surface area (Å²) in [5, 5.41) is 0. The van der Waals surface area contributed by atoms with E-state index < -0.39 is 6.09 Å². The summed E-state index contributed by atoms with van der Waals surface area (Å²) in [5.41, 5.74) is 12.1. The van der Waals surface area contributed by atoms with Crippen LogP contribution in [0.4, 0.5) is 10.5 Å². The van der Waals surface area contributed by atoms with Crippen LogP contribution < -0.4 is 16.2 Å². The van der Waals surface area contributed by atoms with Gasteiger partial charge in [-0.05, 0) is 17.0 Å². The highest BCUT2D eigenvalue weighted by Gasteiger charge is 2.19. The first-order chi connectivity index (χ1) is 6.82. The van der Waals surface area contributed by atoms with Crippen LogP contribution in [0.15, 0.2) is 18.2 Å². The number of nitrogens with two attached hydrogens (primary N) is 2. The topological polar surface area (TPSA) is 78.3 Å². The lowest BCUT2D eigenvalue weighted by Gasteiger charge is -2.22. The van der Waals surface area contributed by atoms with Crippen molar-refractivity contribution in [2.75, 3.05) is 5.73 Å². The van der Waals surface area contributed by atoms with Crippen molar-refractivity contribution in [1.82, 2.24) is 0 Å². The van der Waals surface area contributed by atoms with Crippen molar-refractivity contribution < 1.29 is 9.53 Å². The summed E-state index contributed by atoms with van der Waals surface area (Å²) in [5.74, 6) is 0.315. The molecule has 82 valence electrons. The Bertz CT molecular complexity index is 381. The Labute approximate surface area is 89.2 Å². The minimum Gasteiger partial charge on any atom is -0.408 e. The third kappa shape index (κ3) is 2.62. The van der Waals surface area contributed by atoms with Crippen LogP contribution in [0.3, 0.4) is 0 Å². The van der Waals surface area contributed by atoms with E-state index in [1.165, 1.54) is 0 Å². The second-order valence-corrected chi connectivity index (χ2v) is 4.39. The highest BCUT2D eigenvalue weighted by molar-refractivity contribution is 5.72. The summed E-state index contributed by atoms with van der Waals surface area (Å²) in [6.45, 7) is 6.10. The molecule has 1 aromatic rings. The fraction of sp³-hybridized carbons (Fsp3) is 0.364. The molecule has 1 rings (SSSR count). The van der Waals surface area contributed by atoms with Crippen LogP contribution in [0.1, 0.15) is 26.3 Å². The first-order valence-corrected chi connectivity index (χ1v) is 4.68. The lowest BCUT2D eigenvalue weighted by molar-refractivity contribution is 0.211. The average Bonchev–Trinajstić information content (AvgIpc) is 2.05. The molecule has 15 heavy (non-hydrogen) atoms. The third-order valence-corrected chi connectivity index (χ3v) is 2.08. The molecule has 0 radical (unpaired) electrons. The zero-order valence-corrected chi connectivity index (χ0v) is 9.20. The van der Waals surface area contributed by atoms with Crippen molar-refractivity contribution in [3.05, 3.63) is 23.8 Å². The van der Waals surface area contributed by atoms with Gasteiger partial charge in [-0.25, -0.2) is 4.79 Å². The molecule has 0 aliphatic carbocycles. The van der Waals surface area contributed by atoms with E-state index in [9.17, 15) is 4.79 Å². The van der Waals surface area contributed by atoms with Crippen LogP contribution in [0, 0.1) is 0 Å². The quantitative estimate of drug-likeness (QED) is 0.693. The Hall–Kier alpha value is -1.71. The number of hydrogen-bond donors (Lipinski definition) is 2. The summed E-state index contributed by atoms with van der Waals surface area (Å²) in [4.78, 5) is 10.6. The smallest absolute Gasteiger partial charge is 0.408 e. The monoisotopic (exact) mass is 208 g/mol. The predicted octanol–water partition coefficient (Wildman–Crippen LogP) is 2.02. The summed E-state index contributed by atoms with van der Waals surface area (Å²) >= 11 is 0. The second kappa shape index (κ2) is 3.81. The standard InChI is InChI=1S/C11H16N2O2/c1-11(2,3)7-5-4-6-8(9(7)12)15-10(13)14/h4-6H,12H2,1-3H3,(H2,13,14). The van der Waals surface area contributed by atoms with E-state index in [0.29, 0.717) is 11.4 Å². The van der Waals surface area contributed by atoms with Gasteiger partial charge in [0, 0.05) is 0 Å². The minimum atomic E-state index is -0.854. The van der Waals surface area contributed by atoms with Crippen LogP contribution in [0.25, 0.3) is 0 Å². The van der Waals surface area contributed by atoms with Crippen molar-refractivity contribution in [3.8, 4) is 5.75 Å². The number of anilines is 1. The van der Waals surface area contributed by atoms with E-state index in [2.05, 4.69) is 0 Å². The summed E-state index contributed by atoms with van der Waals surface area (Å²) in [6.07, 6.45) is -0.854. The van der Waals surface area contributed by atoms with Gasteiger partial charge in [-0.15, -0.1) is 0 Å². The third-order valence-electron chi connectivity index (χ3n) is 2.08. The Kier molecular flexibility index (Phi) is 2.88. The van der Waals surface area contributed by atoms with E-state index in [0.717, 1.165) is 5.56 Å². The minimum absolute atomic E-state index is 0.0961. The van der Waals surface area contributed by atoms with Gasteiger partial charge in [0.05, 0.1) is 5.69 Å². The maximum Gasteiger partial charge on any atom is 0.410 e. The predicted molar refractivity (Wildman–Crippen MR) is 59.8 cm³/mol. The molecule has 4 N–H and O–H groups in total. The summed E-state index contributed by atoms with van der Waals surface area (Å²) in [7, 11) is 0. The van der Waals surface area contributed by atoms with Crippen molar-refractivity contribution >= 4 is 11.8 Å². The molecule has 1 amide bonds. The van der Waals surface area contributed by atoms with E-state index >= 15 is 0 Å². The summed E-state index contributed by atoms with van der Waals surface area (Å²) < 4.78 is 4.79. The molecular weight excluding hydrogens is 192 g/mol. The zero-order chi connectivity index (χ0) is 11.6. The van der Waals surface area contributed by atoms with E-state index in [-0.39, 0.29) is 5.41 Å². The van der Waals surface area contributed by atoms with Gasteiger partial charge >= 0.3 is 6.09 Å². The Balaban J connectivity index is 3.17. The van der Waals surface area contributed by atoms with Gasteiger partial charge in [0.25, 0.3) is 0 Å². The van der Waals surface area contributed by atoms with Crippen molar-refractivity contribution in [1.29, 1.82) is 0 Å². The van der Waals surface area contributed by atoms with Crippen LogP contribution in [-0.2, 0) is 5.41 Å². The number of amides is 1. The average molecular weight is 208 g/mol. The van der Waals surface area contributed by atoms with E-state index in [1.807, 2.05) is 26.8 Å². The number of para-hydroxylation sites is 1. The van der Waals surface area contributed by atoms with Gasteiger partial charge in [0.2, 0.25) is 0 Å². The van der Waals surface area contributed by atoms with Gasteiger partial charge in [0.1, 0.15) is 0 Å². The van der Waals surface area contributed by atoms with Crippen LogP contribution >= 0.6 is 0 Å². The number of hydrogen-bond acceptors (Lipinski definition) is 3. The van der Waals surface area contributed by atoms with Crippen molar-refractivity contribution in [2.45, 2.75) is 26.2 Å². The molecule has 1 aromatic carbocycles. The number of carbonyl (C=O) groups excluding carboxylic acids is 1. The molecular formula is C11H16N2O2. The largest absolute Gasteiger partial charge is 0.410 e. The fourth-order valence-corrected chi connectivity index (χ4v) is 1.40. The van der Waals surface area contributed by atoms with Crippen molar-refractivity contribution in [2.24, 2.45) is 5.73 Å². The SMILES string of the molecule is CC(C)(C)c1cccc(OC(N)=O)c1N. The molecule has 0 saturated carbocycles. The molecule has 0 heterocycles. The second-order valence-electron chi connectivity index (χ2n) is 4.39. The molecule has 0 aromatic heterocycles. The molecule has 0 aliphatic heterocycles. The number of ether oxygens (including phenoxy) is 1. The highest BCUT2D eigenvalue weighted by atomic mass is 16.5. The molecule has 0 aliphatic rings. The zero-order valence-electron chi connectivity index (χ0n) is 9.20. The van der Waals surface area contributed by atoms with Gasteiger partial charge in [0.15, 0.2) is 5.75 Å². The number of carbonyl (C=O) groups is 1. The molecule has 4 heteroatoms. The summed E-state index contributed by atoms with van der Waals surface area (Å²) in [6, 6.07) is 5.31. The van der Waals surface area contributed by atoms with Gasteiger partial charge in [-0.1, -0.05) is 32.9 Å². The Morgan fingerprint density at radius 1 is 1.33 bits per heavy atom. The van der Waals surface area contributed by atoms with Gasteiger partial charge in [-0.2, -0.15) is 0 Å². The molecule has 0 fully saturated rings. The maximum absolute atomic E-state index is 10.6. The highest BCUT2D eigenvalue weighted by Crippen LogP contribution is 2.33. The number of primary amides is 1. The molecule has 0 atom stereocenters. The maximum atomic E-state index is 10.6. The lowest BCUT2D eigenvalue weighted by Crippen LogP contribution is -2.19. The molecule has 0 bridgehead atoms. The van der Waals surface area contributed by atoms with Crippen LogP contribution in [0.2, 0.25) is 0 Å². The number of nitrogen functional groups attached to an aromatic ring is 1. The number of rotatable bonds is 1. The Morgan fingerprint density at radius 2 is 1.93 bits per heavy atom. The first kappa shape index (κ1) is 11.4. The van der Waals surface area contributed by atoms with E-state index in [4.69, 9.17) is 16.2 Å². The molecule has 4 nitrogen and oxygen atoms in total. The molecule has 0 saturated heterocycles. The van der Waals surface area contributed by atoms with Crippen LogP contribution in [-0.4, -0.2) is 6.09 Å². The van der Waals surface area contributed by atoms with E-state index in [1.54, 1.807) is 12.1 Å². The first-order valence-electron chi connectivity index (χ1n) is 4.68. The molecule has 0 unspecified atom stereocenters. The Morgan fingerprint density at radius 3 is 2.40 bits per heavy atom.